The molecule has 1 saturated heterocycles. The van der Waals surface area contributed by atoms with E-state index in [1.54, 1.807) is 0 Å². The maximum atomic E-state index is 11.3. The average Bonchev–Trinajstić information content (AvgIpc) is 2.42. The van der Waals surface area contributed by atoms with E-state index in [0.717, 1.165) is 27.7 Å². The quantitative estimate of drug-likeness (QED) is 0.490. The van der Waals surface area contributed by atoms with Gasteiger partial charge in [-0.1, -0.05) is 0 Å². The molecule has 136 valence electrons. The summed E-state index contributed by atoms with van der Waals surface area (Å²) in [5, 5.41) is 10.2. The van der Waals surface area contributed by atoms with Crippen molar-refractivity contribution in [1.29, 1.82) is 0 Å². The van der Waals surface area contributed by atoms with Crippen LogP contribution in [0.2, 0.25) is 0 Å². The SMILES string of the molecule is CC(=O)OC[C@H]1O[C@H](OC(C)=O)[C@H](O)[C@@H](OC(C)=O)[C@H]1OC(C)=O. The number of esters is 4. The summed E-state index contributed by atoms with van der Waals surface area (Å²) in [6, 6.07) is 0. The number of carbonyl (C=O) groups excluding carboxylic acids is 4. The molecule has 1 N–H and O–H groups in total. The number of aliphatic hydroxyl groups excluding tert-OH is 1. The normalized spacial score (nSPS) is 29.3. The maximum absolute atomic E-state index is 11.3. The van der Waals surface area contributed by atoms with Crippen LogP contribution in [0.25, 0.3) is 0 Å². The van der Waals surface area contributed by atoms with Crippen LogP contribution in [0.5, 0.6) is 0 Å². The van der Waals surface area contributed by atoms with Crippen LogP contribution in [0.4, 0.5) is 0 Å². The van der Waals surface area contributed by atoms with Gasteiger partial charge in [0, 0.05) is 27.7 Å². The fourth-order valence-electron chi connectivity index (χ4n) is 2.15. The lowest BCUT2D eigenvalue weighted by atomic mass is 9.98. The molecule has 10 nitrogen and oxygen atoms in total. The van der Waals surface area contributed by atoms with Gasteiger partial charge in [-0.3, -0.25) is 19.2 Å². The molecule has 1 rings (SSSR count). The van der Waals surface area contributed by atoms with Gasteiger partial charge in [0.15, 0.2) is 18.3 Å². The zero-order valence-corrected chi connectivity index (χ0v) is 13.7. The smallest absolute Gasteiger partial charge is 0.305 e. The van der Waals surface area contributed by atoms with Crippen molar-refractivity contribution in [1.82, 2.24) is 0 Å². The van der Waals surface area contributed by atoms with E-state index in [4.69, 9.17) is 23.7 Å². The minimum absolute atomic E-state index is 0.366. The molecule has 0 bridgehead atoms. The van der Waals surface area contributed by atoms with Gasteiger partial charge >= 0.3 is 23.9 Å². The molecule has 5 atom stereocenters. The average molecular weight is 348 g/mol. The number of ether oxygens (including phenoxy) is 5. The molecule has 0 aliphatic carbocycles. The third-order valence-electron chi connectivity index (χ3n) is 2.95. The van der Waals surface area contributed by atoms with E-state index in [2.05, 4.69) is 0 Å². The van der Waals surface area contributed by atoms with E-state index in [-0.39, 0.29) is 6.61 Å². The Labute approximate surface area is 137 Å². The summed E-state index contributed by atoms with van der Waals surface area (Å²) in [6.45, 7) is 4.09. The van der Waals surface area contributed by atoms with Crippen molar-refractivity contribution in [2.24, 2.45) is 0 Å². The Morgan fingerprint density at radius 1 is 0.833 bits per heavy atom. The molecule has 0 radical (unpaired) electrons. The Morgan fingerprint density at radius 2 is 1.33 bits per heavy atom. The molecule has 1 heterocycles. The van der Waals surface area contributed by atoms with Gasteiger partial charge in [-0.2, -0.15) is 0 Å². The van der Waals surface area contributed by atoms with E-state index in [1.807, 2.05) is 0 Å². The first kappa shape index (κ1) is 19.8. The van der Waals surface area contributed by atoms with E-state index in [1.165, 1.54) is 0 Å². The summed E-state index contributed by atoms with van der Waals surface area (Å²) in [6.07, 6.45) is -6.83. The first-order valence-corrected chi connectivity index (χ1v) is 7.10. The van der Waals surface area contributed by atoms with Crippen molar-refractivity contribution in [3.63, 3.8) is 0 Å². The Kier molecular flexibility index (Phi) is 7.11. The lowest BCUT2D eigenvalue weighted by molar-refractivity contribution is -0.297. The highest BCUT2D eigenvalue weighted by Crippen LogP contribution is 2.27. The molecule has 0 aromatic heterocycles. The van der Waals surface area contributed by atoms with E-state index in [0.29, 0.717) is 0 Å². The number of hydrogen-bond donors (Lipinski definition) is 1. The molecular formula is C14H20O10. The molecule has 0 unspecified atom stereocenters. The highest BCUT2D eigenvalue weighted by molar-refractivity contribution is 5.68. The molecule has 1 aliphatic heterocycles. The first-order valence-electron chi connectivity index (χ1n) is 7.10. The number of hydrogen-bond acceptors (Lipinski definition) is 10. The molecule has 0 amide bonds. The fraction of sp³-hybridized carbons (Fsp3) is 0.714. The Morgan fingerprint density at radius 3 is 1.79 bits per heavy atom. The van der Waals surface area contributed by atoms with Gasteiger partial charge in [-0.25, -0.2) is 0 Å². The van der Waals surface area contributed by atoms with Crippen molar-refractivity contribution in [2.75, 3.05) is 6.61 Å². The van der Waals surface area contributed by atoms with Crippen LogP contribution in [-0.4, -0.2) is 66.3 Å². The number of rotatable bonds is 5. The highest BCUT2D eigenvalue weighted by atomic mass is 16.7. The predicted octanol–water partition coefficient (Wildman–Crippen LogP) is -0.938. The van der Waals surface area contributed by atoms with Gasteiger partial charge < -0.3 is 28.8 Å². The predicted molar refractivity (Wildman–Crippen MR) is 74.2 cm³/mol. The molecule has 24 heavy (non-hydrogen) atoms. The topological polar surface area (TPSA) is 135 Å². The molecule has 1 aliphatic rings. The molecule has 0 saturated carbocycles. The Balaban J connectivity index is 3.08. The van der Waals surface area contributed by atoms with Gasteiger partial charge in [-0.05, 0) is 0 Å². The third kappa shape index (κ3) is 5.78. The van der Waals surface area contributed by atoms with Gasteiger partial charge in [-0.15, -0.1) is 0 Å². The first-order chi connectivity index (χ1) is 11.1. The summed E-state index contributed by atoms with van der Waals surface area (Å²) in [5.74, 6) is -2.87. The Bertz CT molecular complexity index is 486. The molecular weight excluding hydrogens is 328 g/mol. The van der Waals surface area contributed by atoms with Crippen LogP contribution in [0.15, 0.2) is 0 Å². The maximum Gasteiger partial charge on any atom is 0.305 e. The second-order valence-electron chi connectivity index (χ2n) is 5.09. The highest BCUT2D eigenvalue weighted by Gasteiger charge is 2.51. The minimum atomic E-state index is -1.60. The lowest BCUT2D eigenvalue weighted by Crippen LogP contribution is -2.62. The molecule has 10 heteroatoms. The molecule has 0 aromatic rings. The van der Waals surface area contributed by atoms with Crippen molar-refractivity contribution in [3.8, 4) is 0 Å². The van der Waals surface area contributed by atoms with Gasteiger partial charge in [0.2, 0.25) is 6.29 Å². The third-order valence-corrected chi connectivity index (χ3v) is 2.95. The van der Waals surface area contributed by atoms with Crippen LogP contribution in [0.1, 0.15) is 27.7 Å². The van der Waals surface area contributed by atoms with Crippen LogP contribution in [0, 0.1) is 0 Å². The second-order valence-corrected chi connectivity index (χ2v) is 5.09. The lowest BCUT2D eigenvalue weighted by Gasteiger charge is -2.42. The largest absolute Gasteiger partial charge is 0.463 e. The Hall–Kier alpha value is -2.20. The second kappa shape index (κ2) is 8.60. The van der Waals surface area contributed by atoms with E-state index in [9.17, 15) is 24.3 Å². The zero-order chi connectivity index (χ0) is 18.4. The minimum Gasteiger partial charge on any atom is -0.463 e. The van der Waals surface area contributed by atoms with Gasteiger partial charge in [0.25, 0.3) is 0 Å². The van der Waals surface area contributed by atoms with Gasteiger partial charge in [0.05, 0.1) is 0 Å². The summed E-state index contributed by atoms with van der Waals surface area (Å²) in [4.78, 5) is 44.7. The van der Waals surface area contributed by atoms with Gasteiger partial charge in [0.1, 0.15) is 12.7 Å². The zero-order valence-electron chi connectivity index (χ0n) is 13.7. The van der Waals surface area contributed by atoms with Crippen LogP contribution < -0.4 is 0 Å². The summed E-state index contributed by atoms with van der Waals surface area (Å²) in [5.41, 5.74) is 0. The summed E-state index contributed by atoms with van der Waals surface area (Å²) in [7, 11) is 0. The standard InChI is InChI=1S/C14H20O10/c1-6(15)20-5-10-12(21-7(2)16)13(22-8(3)17)11(19)14(24-10)23-9(4)18/h10-14,19H,5H2,1-4H3/t10-,11-,12+,13-,14+/m1/s1. The molecule has 0 spiro atoms. The van der Waals surface area contributed by atoms with E-state index < -0.39 is 54.6 Å². The van der Waals surface area contributed by atoms with Crippen molar-refractivity contribution in [3.05, 3.63) is 0 Å². The molecule has 0 aromatic carbocycles. The van der Waals surface area contributed by atoms with E-state index >= 15 is 0 Å². The summed E-state index contributed by atoms with van der Waals surface area (Å²) >= 11 is 0. The van der Waals surface area contributed by atoms with Crippen LogP contribution in [-0.2, 0) is 42.9 Å². The van der Waals surface area contributed by atoms with Crippen molar-refractivity contribution >= 4 is 23.9 Å². The fourth-order valence-corrected chi connectivity index (χ4v) is 2.15. The number of aliphatic hydroxyl groups is 1. The number of carbonyl (C=O) groups is 4. The monoisotopic (exact) mass is 348 g/mol. The van der Waals surface area contributed by atoms with Crippen LogP contribution in [0.3, 0.4) is 0 Å². The van der Waals surface area contributed by atoms with Crippen molar-refractivity contribution in [2.45, 2.75) is 58.4 Å². The van der Waals surface area contributed by atoms with Crippen LogP contribution >= 0.6 is 0 Å². The molecule has 1 fully saturated rings. The van der Waals surface area contributed by atoms with Crippen molar-refractivity contribution < 1.29 is 48.0 Å². The summed E-state index contributed by atoms with van der Waals surface area (Å²) < 4.78 is 25.0.